The molecular formula is C7H11N3. The molecule has 2 rings (SSSR count). The number of hydrogen-bond acceptors (Lipinski definition) is 2. The molecule has 1 aromatic rings. The normalized spacial score (nSPS) is 18.2. The molecule has 0 unspecified atom stereocenters. The molecule has 1 saturated heterocycles. The third kappa shape index (κ3) is 0.885. The molecule has 0 aromatic carbocycles. The number of nitrogens with one attached hydrogen (secondary N) is 1. The monoisotopic (exact) mass is 137 g/mol. The molecule has 1 fully saturated rings. The van der Waals surface area contributed by atoms with Gasteiger partial charge in [-0.05, 0) is 12.1 Å². The van der Waals surface area contributed by atoms with E-state index in [1.165, 1.54) is 0 Å². The molecule has 0 radical (unpaired) electrons. The fourth-order valence-electron chi connectivity index (χ4n) is 1.21. The van der Waals surface area contributed by atoms with Gasteiger partial charge in [-0.2, -0.15) is 0 Å². The Balaban J connectivity index is 2.12. The maximum Gasteiger partial charge on any atom is 0.0839 e. The molecule has 1 N–H and O–H groups in total. The third-order valence-corrected chi connectivity index (χ3v) is 1.76. The first-order valence-corrected chi connectivity index (χ1v) is 3.56. The van der Waals surface area contributed by atoms with E-state index in [1.807, 2.05) is 12.1 Å². The lowest BCUT2D eigenvalue weighted by molar-refractivity contribution is 0.658. The minimum atomic E-state index is 0.967. The number of aromatic nitrogens is 1. The Labute approximate surface area is 60.2 Å². The SMILES string of the molecule is c1ccn(N2CCNC2)c1. The average Bonchev–Trinajstić information content (AvgIpc) is 2.59. The first-order valence-electron chi connectivity index (χ1n) is 3.56. The van der Waals surface area contributed by atoms with Gasteiger partial charge in [0.1, 0.15) is 0 Å². The van der Waals surface area contributed by atoms with Gasteiger partial charge in [-0.15, -0.1) is 0 Å². The Morgan fingerprint density at radius 2 is 2.00 bits per heavy atom. The van der Waals surface area contributed by atoms with Crippen LogP contribution >= 0.6 is 0 Å². The van der Waals surface area contributed by atoms with Crippen LogP contribution in [0.4, 0.5) is 0 Å². The van der Waals surface area contributed by atoms with Crippen LogP contribution in [-0.4, -0.2) is 24.4 Å². The van der Waals surface area contributed by atoms with E-state index < -0.39 is 0 Å². The highest BCUT2D eigenvalue weighted by Crippen LogP contribution is 1.94. The van der Waals surface area contributed by atoms with Crippen molar-refractivity contribution in [2.45, 2.75) is 0 Å². The highest BCUT2D eigenvalue weighted by Gasteiger charge is 2.08. The molecule has 54 valence electrons. The second kappa shape index (κ2) is 2.34. The summed E-state index contributed by atoms with van der Waals surface area (Å²) in [6.45, 7) is 3.17. The van der Waals surface area contributed by atoms with Crippen LogP contribution in [0.1, 0.15) is 0 Å². The highest BCUT2D eigenvalue weighted by atomic mass is 15.6. The number of rotatable bonds is 1. The van der Waals surface area contributed by atoms with Crippen molar-refractivity contribution in [1.82, 2.24) is 9.99 Å². The van der Waals surface area contributed by atoms with Crippen LogP contribution in [0.3, 0.4) is 0 Å². The van der Waals surface area contributed by atoms with Crippen molar-refractivity contribution in [2.24, 2.45) is 0 Å². The van der Waals surface area contributed by atoms with E-state index in [0.717, 1.165) is 19.8 Å². The van der Waals surface area contributed by atoms with Crippen molar-refractivity contribution >= 4 is 0 Å². The summed E-state index contributed by atoms with van der Waals surface area (Å²) in [5.41, 5.74) is 0. The van der Waals surface area contributed by atoms with Gasteiger partial charge in [0.2, 0.25) is 0 Å². The Kier molecular flexibility index (Phi) is 1.36. The molecule has 1 aliphatic rings. The summed E-state index contributed by atoms with van der Waals surface area (Å²) in [6, 6.07) is 4.08. The summed E-state index contributed by atoms with van der Waals surface area (Å²) in [6.07, 6.45) is 4.12. The molecule has 0 spiro atoms. The van der Waals surface area contributed by atoms with Crippen molar-refractivity contribution in [3.63, 3.8) is 0 Å². The van der Waals surface area contributed by atoms with Gasteiger partial charge >= 0.3 is 0 Å². The molecule has 3 heteroatoms. The lowest BCUT2D eigenvalue weighted by Crippen LogP contribution is -2.31. The predicted octanol–water partition coefficient (Wildman–Crippen LogP) is -0.0132. The summed E-state index contributed by atoms with van der Waals surface area (Å²) in [4.78, 5) is 0. The molecule has 2 heterocycles. The highest BCUT2D eigenvalue weighted by molar-refractivity contribution is 4.99. The fourth-order valence-corrected chi connectivity index (χ4v) is 1.21. The van der Waals surface area contributed by atoms with E-state index in [9.17, 15) is 0 Å². The lowest BCUT2D eigenvalue weighted by Gasteiger charge is -2.17. The van der Waals surface area contributed by atoms with E-state index in [2.05, 4.69) is 27.4 Å². The lowest BCUT2D eigenvalue weighted by atomic mass is 10.7. The molecule has 1 aromatic heterocycles. The van der Waals surface area contributed by atoms with E-state index in [4.69, 9.17) is 0 Å². The zero-order chi connectivity index (χ0) is 6.81. The van der Waals surface area contributed by atoms with Gasteiger partial charge in [-0.3, -0.25) is 15.0 Å². The maximum absolute atomic E-state index is 3.27. The first-order chi connectivity index (χ1) is 4.97. The molecule has 3 nitrogen and oxygen atoms in total. The fraction of sp³-hybridized carbons (Fsp3) is 0.429. The van der Waals surface area contributed by atoms with Gasteiger partial charge in [0.05, 0.1) is 6.67 Å². The van der Waals surface area contributed by atoms with Crippen molar-refractivity contribution in [2.75, 3.05) is 24.8 Å². The quantitative estimate of drug-likeness (QED) is 0.587. The predicted molar refractivity (Wildman–Crippen MR) is 40.4 cm³/mol. The summed E-state index contributed by atoms with van der Waals surface area (Å²) in [7, 11) is 0. The largest absolute Gasteiger partial charge is 0.298 e. The first kappa shape index (κ1) is 5.80. The summed E-state index contributed by atoms with van der Waals surface area (Å²) in [5, 5.41) is 5.52. The molecular weight excluding hydrogens is 126 g/mol. The molecule has 0 atom stereocenters. The van der Waals surface area contributed by atoms with Crippen LogP contribution in [0.2, 0.25) is 0 Å². The molecule has 0 amide bonds. The minimum Gasteiger partial charge on any atom is -0.298 e. The molecule has 0 aliphatic carbocycles. The van der Waals surface area contributed by atoms with Crippen LogP contribution in [0.5, 0.6) is 0 Å². The average molecular weight is 137 g/mol. The second-order valence-electron chi connectivity index (χ2n) is 2.45. The number of hydrogen-bond donors (Lipinski definition) is 1. The topological polar surface area (TPSA) is 20.2 Å². The van der Waals surface area contributed by atoms with Gasteiger partial charge in [0, 0.05) is 25.5 Å². The van der Waals surface area contributed by atoms with Crippen LogP contribution < -0.4 is 10.3 Å². The third-order valence-electron chi connectivity index (χ3n) is 1.76. The van der Waals surface area contributed by atoms with E-state index >= 15 is 0 Å². The molecule has 0 saturated carbocycles. The van der Waals surface area contributed by atoms with Gasteiger partial charge < -0.3 is 0 Å². The van der Waals surface area contributed by atoms with Crippen molar-refractivity contribution in [3.05, 3.63) is 24.5 Å². The maximum atomic E-state index is 3.27. The van der Waals surface area contributed by atoms with Crippen molar-refractivity contribution in [1.29, 1.82) is 0 Å². The Hall–Kier alpha value is -0.960. The van der Waals surface area contributed by atoms with Crippen LogP contribution in [0.25, 0.3) is 0 Å². The summed E-state index contributed by atoms with van der Waals surface area (Å²) < 4.78 is 2.11. The molecule has 1 aliphatic heterocycles. The van der Waals surface area contributed by atoms with Crippen LogP contribution in [-0.2, 0) is 0 Å². The van der Waals surface area contributed by atoms with Crippen LogP contribution in [0, 0.1) is 0 Å². The zero-order valence-electron chi connectivity index (χ0n) is 5.83. The molecule has 10 heavy (non-hydrogen) atoms. The standard InChI is InChI=1S/C7H11N3/c1-2-5-9(4-1)10-6-3-8-7-10/h1-2,4-5,8H,3,6-7H2. The van der Waals surface area contributed by atoms with Gasteiger partial charge in [0.15, 0.2) is 0 Å². The van der Waals surface area contributed by atoms with Crippen LogP contribution in [0.15, 0.2) is 24.5 Å². The minimum absolute atomic E-state index is 0.967. The summed E-state index contributed by atoms with van der Waals surface area (Å²) >= 11 is 0. The second-order valence-corrected chi connectivity index (χ2v) is 2.45. The van der Waals surface area contributed by atoms with Gasteiger partial charge in [-0.25, -0.2) is 0 Å². The van der Waals surface area contributed by atoms with E-state index in [0.29, 0.717) is 0 Å². The number of nitrogens with zero attached hydrogens (tertiary/aromatic N) is 2. The summed E-state index contributed by atoms with van der Waals surface area (Å²) in [5.74, 6) is 0. The van der Waals surface area contributed by atoms with Gasteiger partial charge in [-0.1, -0.05) is 0 Å². The van der Waals surface area contributed by atoms with Gasteiger partial charge in [0.25, 0.3) is 0 Å². The molecule has 0 bridgehead atoms. The Morgan fingerprint density at radius 1 is 1.20 bits per heavy atom. The Bertz CT molecular complexity index is 187. The van der Waals surface area contributed by atoms with Crippen molar-refractivity contribution in [3.8, 4) is 0 Å². The van der Waals surface area contributed by atoms with E-state index in [-0.39, 0.29) is 0 Å². The smallest absolute Gasteiger partial charge is 0.0839 e. The Morgan fingerprint density at radius 3 is 2.60 bits per heavy atom. The van der Waals surface area contributed by atoms with E-state index in [1.54, 1.807) is 0 Å². The zero-order valence-corrected chi connectivity index (χ0v) is 5.83. The van der Waals surface area contributed by atoms with Crippen molar-refractivity contribution < 1.29 is 0 Å².